The molecule has 20 heavy (non-hydrogen) atoms. The van der Waals surface area contributed by atoms with Crippen molar-refractivity contribution in [2.24, 2.45) is 11.7 Å². The van der Waals surface area contributed by atoms with E-state index in [4.69, 9.17) is 5.73 Å². The smallest absolute Gasteiger partial charge is 0.301 e. The molecule has 1 unspecified atom stereocenters. The lowest BCUT2D eigenvalue weighted by Gasteiger charge is -2.31. The van der Waals surface area contributed by atoms with Crippen molar-refractivity contribution in [3.8, 4) is 0 Å². The van der Waals surface area contributed by atoms with E-state index in [9.17, 15) is 8.42 Å². The van der Waals surface area contributed by atoms with Gasteiger partial charge in [0.2, 0.25) is 0 Å². The molecule has 1 saturated heterocycles. The lowest BCUT2D eigenvalue weighted by atomic mass is 10.0. The maximum atomic E-state index is 12.4. The summed E-state index contributed by atoms with van der Waals surface area (Å²) in [5.41, 5.74) is 7.28. The van der Waals surface area contributed by atoms with Gasteiger partial charge in [-0.1, -0.05) is 6.07 Å². The molecule has 0 bridgehead atoms. The Kier molecular flexibility index (Phi) is 5.06. The molecule has 5 nitrogen and oxygen atoms in total. The summed E-state index contributed by atoms with van der Waals surface area (Å²) in [6.45, 7) is 3.53. The highest BCUT2D eigenvalue weighted by atomic mass is 79.9. The maximum Gasteiger partial charge on any atom is 0.301 e. The Morgan fingerprint density at radius 2 is 2.25 bits per heavy atom. The van der Waals surface area contributed by atoms with Gasteiger partial charge in [0.15, 0.2) is 0 Å². The molecule has 1 aromatic carbocycles. The first-order valence-electron chi connectivity index (χ1n) is 6.66. The van der Waals surface area contributed by atoms with Crippen molar-refractivity contribution in [3.63, 3.8) is 0 Å². The normalized spacial score (nSPS) is 20.9. The third-order valence-electron chi connectivity index (χ3n) is 3.52. The van der Waals surface area contributed by atoms with Gasteiger partial charge in [-0.15, -0.1) is 0 Å². The minimum atomic E-state index is -3.52. The molecule has 1 heterocycles. The van der Waals surface area contributed by atoms with Crippen LogP contribution in [0.5, 0.6) is 0 Å². The number of nitrogens with two attached hydrogens (primary N) is 1. The number of piperidine rings is 1. The molecule has 1 aliphatic heterocycles. The van der Waals surface area contributed by atoms with Crippen molar-refractivity contribution in [2.75, 3.05) is 24.4 Å². The van der Waals surface area contributed by atoms with Crippen LogP contribution < -0.4 is 10.5 Å². The van der Waals surface area contributed by atoms with Gasteiger partial charge in [-0.25, -0.2) is 0 Å². The van der Waals surface area contributed by atoms with Crippen molar-refractivity contribution in [1.29, 1.82) is 0 Å². The predicted octanol–water partition coefficient (Wildman–Crippen LogP) is 2.08. The number of nitrogens with one attached hydrogen (secondary N) is 1. The van der Waals surface area contributed by atoms with E-state index in [1.807, 2.05) is 19.1 Å². The standard InChI is InChI=1S/C13H20BrN3O2S/c1-10-4-5-13(12(14)7-10)16-20(18,19)17-6-2-3-11(8-15)9-17/h4-5,7,11,16H,2-3,6,8-9,15H2,1H3. The summed E-state index contributed by atoms with van der Waals surface area (Å²) >= 11 is 3.38. The van der Waals surface area contributed by atoms with Gasteiger partial charge in [0.1, 0.15) is 0 Å². The molecule has 1 fully saturated rings. The summed E-state index contributed by atoms with van der Waals surface area (Å²) < 4.78 is 29.7. The van der Waals surface area contributed by atoms with Gasteiger partial charge in [-0.05, 0) is 65.9 Å². The molecule has 0 radical (unpaired) electrons. The Morgan fingerprint density at radius 3 is 2.90 bits per heavy atom. The van der Waals surface area contributed by atoms with Crippen molar-refractivity contribution < 1.29 is 8.42 Å². The second kappa shape index (κ2) is 6.43. The minimum absolute atomic E-state index is 0.252. The molecule has 0 amide bonds. The van der Waals surface area contributed by atoms with E-state index >= 15 is 0 Å². The van der Waals surface area contributed by atoms with Gasteiger partial charge < -0.3 is 5.73 Å². The number of nitrogens with zero attached hydrogens (tertiary/aromatic N) is 1. The fourth-order valence-electron chi connectivity index (χ4n) is 2.34. The first-order valence-corrected chi connectivity index (χ1v) is 8.90. The summed E-state index contributed by atoms with van der Waals surface area (Å²) in [7, 11) is -3.52. The molecule has 2 rings (SSSR count). The lowest BCUT2D eigenvalue weighted by Crippen LogP contribution is -2.44. The zero-order chi connectivity index (χ0) is 14.8. The van der Waals surface area contributed by atoms with Crippen LogP contribution >= 0.6 is 15.9 Å². The minimum Gasteiger partial charge on any atom is -0.330 e. The van der Waals surface area contributed by atoms with Gasteiger partial charge in [0, 0.05) is 17.6 Å². The summed E-state index contributed by atoms with van der Waals surface area (Å²) in [6, 6.07) is 5.53. The lowest BCUT2D eigenvalue weighted by molar-refractivity contribution is 0.273. The van der Waals surface area contributed by atoms with Crippen LogP contribution in [0, 0.1) is 12.8 Å². The number of anilines is 1. The number of hydrogen-bond donors (Lipinski definition) is 2. The van der Waals surface area contributed by atoms with Crippen molar-refractivity contribution in [3.05, 3.63) is 28.2 Å². The Morgan fingerprint density at radius 1 is 1.50 bits per heavy atom. The van der Waals surface area contributed by atoms with E-state index in [-0.39, 0.29) is 5.92 Å². The number of rotatable bonds is 4. The quantitative estimate of drug-likeness (QED) is 0.861. The van der Waals surface area contributed by atoms with Gasteiger partial charge in [-0.3, -0.25) is 4.72 Å². The number of aryl methyl sites for hydroxylation is 1. The molecule has 0 spiro atoms. The highest BCUT2D eigenvalue weighted by Crippen LogP contribution is 2.26. The molecule has 0 aromatic heterocycles. The Bertz CT molecular complexity index is 577. The van der Waals surface area contributed by atoms with Crippen LogP contribution in [0.15, 0.2) is 22.7 Å². The van der Waals surface area contributed by atoms with E-state index in [0.29, 0.717) is 25.3 Å². The molecule has 3 N–H and O–H groups in total. The fourth-order valence-corrected chi connectivity index (χ4v) is 4.43. The van der Waals surface area contributed by atoms with Crippen molar-refractivity contribution in [2.45, 2.75) is 19.8 Å². The zero-order valence-electron chi connectivity index (χ0n) is 11.5. The molecule has 0 saturated carbocycles. The predicted molar refractivity (Wildman–Crippen MR) is 84.8 cm³/mol. The Labute approximate surface area is 128 Å². The molecule has 1 atom stereocenters. The van der Waals surface area contributed by atoms with E-state index in [1.54, 1.807) is 6.07 Å². The van der Waals surface area contributed by atoms with Crippen LogP contribution in [0.2, 0.25) is 0 Å². The summed E-state index contributed by atoms with van der Waals surface area (Å²) in [5.74, 6) is 0.252. The van der Waals surface area contributed by atoms with Crippen LogP contribution in [0.1, 0.15) is 18.4 Å². The third kappa shape index (κ3) is 3.72. The SMILES string of the molecule is Cc1ccc(NS(=O)(=O)N2CCCC(CN)C2)c(Br)c1. The second-order valence-electron chi connectivity index (χ2n) is 5.19. The molecular weight excluding hydrogens is 342 g/mol. The number of hydrogen-bond acceptors (Lipinski definition) is 3. The second-order valence-corrected chi connectivity index (χ2v) is 7.72. The third-order valence-corrected chi connectivity index (χ3v) is 5.66. The first-order chi connectivity index (χ1) is 9.42. The summed E-state index contributed by atoms with van der Waals surface area (Å²) in [4.78, 5) is 0. The topological polar surface area (TPSA) is 75.4 Å². The van der Waals surface area contributed by atoms with Gasteiger partial charge in [0.25, 0.3) is 0 Å². The van der Waals surface area contributed by atoms with Crippen molar-refractivity contribution >= 4 is 31.8 Å². The molecular formula is C13H20BrN3O2S. The molecule has 112 valence electrons. The molecule has 0 aliphatic carbocycles. The number of halogens is 1. The van der Waals surface area contributed by atoms with Crippen LogP contribution in [-0.2, 0) is 10.2 Å². The Balaban J connectivity index is 2.14. The molecule has 1 aromatic rings. The maximum absolute atomic E-state index is 12.4. The van der Waals surface area contributed by atoms with Crippen LogP contribution in [0.4, 0.5) is 5.69 Å². The summed E-state index contributed by atoms with van der Waals surface area (Å²) in [6.07, 6.45) is 1.86. The van der Waals surface area contributed by atoms with Crippen molar-refractivity contribution in [1.82, 2.24) is 4.31 Å². The van der Waals surface area contributed by atoms with Gasteiger partial charge >= 0.3 is 10.2 Å². The monoisotopic (exact) mass is 361 g/mol. The van der Waals surface area contributed by atoms with E-state index < -0.39 is 10.2 Å². The van der Waals surface area contributed by atoms with Crippen LogP contribution in [0.3, 0.4) is 0 Å². The highest BCUT2D eigenvalue weighted by Gasteiger charge is 2.28. The fraction of sp³-hybridized carbons (Fsp3) is 0.538. The Hall–Kier alpha value is -0.630. The number of benzene rings is 1. The zero-order valence-corrected chi connectivity index (χ0v) is 13.9. The van der Waals surface area contributed by atoms with E-state index in [2.05, 4.69) is 20.7 Å². The molecule has 7 heteroatoms. The van der Waals surface area contributed by atoms with Gasteiger partial charge in [-0.2, -0.15) is 12.7 Å². The molecule has 1 aliphatic rings. The highest BCUT2D eigenvalue weighted by molar-refractivity contribution is 9.10. The summed E-state index contributed by atoms with van der Waals surface area (Å²) in [5, 5.41) is 0. The van der Waals surface area contributed by atoms with E-state index in [0.717, 1.165) is 22.9 Å². The van der Waals surface area contributed by atoms with Crippen LogP contribution in [-0.4, -0.2) is 32.4 Å². The first kappa shape index (κ1) is 15.8. The van der Waals surface area contributed by atoms with Crippen LogP contribution in [0.25, 0.3) is 0 Å². The van der Waals surface area contributed by atoms with Gasteiger partial charge in [0.05, 0.1) is 5.69 Å². The largest absolute Gasteiger partial charge is 0.330 e. The van der Waals surface area contributed by atoms with E-state index in [1.165, 1.54) is 4.31 Å². The average molecular weight is 362 g/mol. The average Bonchev–Trinajstić information content (AvgIpc) is 2.42.